The molecular formula is C20H15Br2ClN2O2. The molecule has 0 N–H and O–H groups in total. The summed E-state index contributed by atoms with van der Waals surface area (Å²) in [6.07, 6.45) is 3.44. The summed E-state index contributed by atoms with van der Waals surface area (Å²) in [4.78, 5) is 12.9. The number of benzene rings is 2. The number of carbonyl (C=O) groups is 1. The molecule has 2 aromatic rings. The second kappa shape index (κ2) is 8.42. The van der Waals surface area contributed by atoms with Gasteiger partial charge in [-0.05, 0) is 59.3 Å². The molecule has 0 saturated heterocycles. The van der Waals surface area contributed by atoms with Crippen molar-refractivity contribution in [1.82, 2.24) is 0 Å². The van der Waals surface area contributed by atoms with Crippen molar-refractivity contribution in [2.45, 2.75) is 6.92 Å². The monoisotopic (exact) mass is 508 g/mol. The van der Waals surface area contributed by atoms with Crippen molar-refractivity contribution in [3.05, 3.63) is 74.2 Å². The summed E-state index contributed by atoms with van der Waals surface area (Å²) >= 11 is 13.0. The molecule has 0 spiro atoms. The number of hydrazone groups is 1. The molecule has 27 heavy (non-hydrogen) atoms. The summed E-state index contributed by atoms with van der Waals surface area (Å²) in [7, 11) is 0. The standard InChI is InChI=1S/C20H15Br2ClN2O2/c1-3-7-27-19-13(8-14(21)10-18(19)22)9-17-12(2)24-25(20(17)26)16-6-4-5-15(23)11-16/h3-6,8-11H,1,7H2,2H3/b17-9+. The van der Waals surface area contributed by atoms with E-state index in [0.717, 1.165) is 14.5 Å². The maximum absolute atomic E-state index is 12.9. The highest BCUT2D eigenvalue weighted by Gasteiger charge is 2.29. The number of carbonyl (C=O) groups excluding carboxylic acids is 1. The summed E-state index contributed by atoms with van der Waals surface area (Å²) in [6, 6.07) is 10.8. The molecule has 138 valence electrons. The van der Waals surface area contributed by atoms with Gasteiger partial charge in [0.15, 0.2) is 0 Å². The van der Waals surface area contributed by atoms with Crippen LogP contribution in [-0.2, 0) is 4.79 Å². The van der Waals surface area contributed by atoms with E-state index in [1.54, 1.807) is 43.3 Å². The van der Waals surface area contributed by atoms with Crippen molar-refractivity contribution in [3.8, 4) is 5.75 Å². The maximum Gasteiger partial charge on any atom is 0.280 e. The lowest BCUT2D eigenvalue weighted by atomic mass is 10.1. The molecule has 2 aromatic carbocycles. The first-order valence-corrected chi connectivity index (χ1v) is 9.97. The topological polar surface area (TPSA) is 41.9 Å². The fourth-order valence-electron chi connectivity index (χ4n) is 2.60. The number of halogens is 3. The van der Waals surface area contributed by atoms with E-state index in [2.05, 4.69) is 43.5 Å². The average Bonchev–Trinajstić information content (AvgIpc) is 2.89. The van der Waals surface area contributed by atoms with Gasteiger partial charge in [-0.3, -0.25) is 4.79 Å². The van der Waals surface area contributed by atoms with Crippen LogP contribution in [0.3, 0.4) is 0 Å². The number of rotatable bonds is 5. The summed E-state index contributed by atoms with van der Waals surface area (Å²) in [5.41, 5.74) is 2.48. The van der Waals surface area contributed by atoms with Gasteiger partial charge in [0, 0.05) is 15.1 Å². The van der Waals surface area contributed by atoms with E-state index in [9.17, 15) is 4.79 Å². The van der Waals surface area contributed by atoms with Crippen LogP contribution in [0.25, 0.3) is 6.08 Å². The first-order chi connectivity index (χ1) is 12.9. The van der Waals surface area contributed by atoms with Crippen LogP contribution in [0.5, 0.6) is 5.75 Å². The molecule has 7 heteroatoms. The minimum atomic E-state index is -0.222. The van der Waals surface area contributed by atoms with Gasteiger partial charge < -0.3 is 4.74 Å². The van der Waals surface area contributed by atoms with Gasteiger partial charge in [0.1, 0.15) is 12.4 Å². The van der Waals surface area contributed by atoms with Crippen LogP contribution in [0, 0.1) is 0 Å². The molecule has 0 fully saturated rings. The SMILES string of the molecule is C=CCOc1c(Br)cc(Br)cc1/C=C1/C(=O)N(c2cccc(Cl)c2)N=C1C. The largest absolute Gasteiger partial charge is 0.488 e. The first-order valence-electron chi connectivity index (χ1n) is 8.00. The van der Waals surface area contributed by atoms with E-state index >= 15 is 0 Å². The van der Waals surface area contributed by atoms with E-state index in [-0.39, 0.29) is 5.91 Å². The van der Waals surface area contributed by atoms with Crippen LogP contribution in [-0.4, -0.2) is 18.2 Å². The van der Waals surface area contributed by atoms with Gasteiger partial charge in [-0.2, -0.15) is 10.1 Å². The van der Waals surface area contributed by atoms with Crippen LogP contribution in [0.4, 0.5) is 5.69 Å². The molecular weight excluding hydrogens is 495 g/mol. The molecule has 0 unspecified atom stereocenters. The Morgan fingerprint density at radius 1 is 1.30 bits per heavy atom. The zero-order chi connectivity index (χ0) is 19.6. The van der Waals surface area contributed by atoms with Crippen molar-refractivity contribution in [1.29, 1.82) is 0 Å². The van der Waals surface area contributed by atoms with Gasteiger partial charge in [0.25, 0.3) is 5.91 Å². The predicted octanol–water partition coefficient (Wildman–Crippen LogP) is 6.24. The molecule has 0 saturated carbocycles. The highest BCUT2D eigenvalue weighted by Crippen LogP contribution is 2.35. The number of anilines is 1. The Labute approximate surface area is 179 Å². The Kier molecular flexibility index (Phi) is 6.19. The van der Waals surface area contributed by atoms with Gasteiger partial charge in [0.05, 0.1) is 21.4 Å². The number of amides is 1. The third kappa shape index (κ3) is 4.34. The zero-order valence-electron chi connectivity index (χ0n) is 14.4. The van der Waals surface area contributed by atoms with Gasteiger partial charge in [0.2, 0.25) is 0 Å². The molecule has 0 radical (unpaired) electrons. The van der Waals surface area contributed by atoms with Gasteiger partial charge in [-0.25, -0.2) is 0 Å². The fourth-order valence-corrected chi connectivity index (χ4v) is 4.16. The Morgan fingerprint density at radius 2 is 2.07 bits per heavy atom. The molecule has 1 heterocycles. The van der Waals surface area contributed by atoms with E-state index in [0.29, 0.717) is 34.4 Å². The molecule has 3 rings (SSSR count). The second-order valence-corrected chi connectivity index (χ2v) is 7.95. The molecule has 0 atom stereocenters. The molecule has 0 bridgehead atoms. The van der Waals surface area contributed by atoms with Crippen molar-refractivity contribution in [3.63, 3.8) is 0 Å². The Balaban J connectivity index is 2.02. The lowest BCUT2D eigenvalue weighted by Crippen LogP contribution is -2.21. The van der Waals surface area contributed by atoms with Crippen LogP contribution < -0.4 is 9.75 Å². The van der Waals surface area contributed by atoms with Crippen molar-refractivity contribution >= 4 is 66.8 Å². The van der Waals surface area contributed by atoms with Crippen LogP contribution >= 0.6 is 43.5 Å². The summed E-state index contributed by atoms with van der Waals surface area (Å²) < 4.78 is 7.40. The molecule has 1 aliphatic rings. The van der Waals surface area contributed by atoms with Gasteiger partial charge in [-0.1, -0.05) is 46.3 Å². The number of hydrogen-bond donors (Lipinski definition) is 0. The molecule has 0 aliphatic carbocycles. The zero-order valence-corrected chi connectivity index (χ0v) is 18.3. The first kappa shape index (κ1) is 19.9. The third-order valence-electron chi connectivity index (χ3n) is 3.80. The van der Waals surface area contributed by atoms with E-state index < -0.39 is 0 Å². The van der Waals surface area contributed by atoms with Gasteiger partial charge in [-0.15, -0.1) is 0 Å². The summed E-state index contributed by atoms with van der Waals surface area (Å²) in [6.45, 7) is 5.83. The summed E-state index contributed by atoms with van der Waals surface area (Å²) in [5, 5.41) is 6.28. The number of ether oxygens (including phenoxy) is 1. The minimum Gasteiger partial charge on any atom is -0.488 e. The predicted molar refractivity (Wildman–Crippen MR) is 118 cm³/mol. The Bertz CT molecular complexity index is 986. The normalized spacial score (nSPS) is 15.3. The third-order valence-corrected chi connectivity index (χ3v) is 5.08. The molecule has 1 amide bonds. The summed E-state index contributed by atoms with van der Waals surface area (Å²) in [5.74, 6) is 0.410. The average molecular weight is 511 g/mol. The van der Waals surface area contributed by atoms with E-state index in [1.807, 2.05) is 12.1 Å². The number of hydrogen-bond acceptors (Lipinski definition) is 3. The fraction of sp³-hybridized carbons (Fsp3) is 0.100. The smallest absolute Gasteiger partial charge is 0.280 e. The lowest BCUT2D eigenvalue weighted by Gasteiger charge is -2.13. The second-order valence-electron chi connectivity index (χ2n) is 5.75. The van der Waals surface area contributed by atoms with Crippen molar-refractivity contribution in [2.24, 2.45) is 5.10 Å². The maximum atomic E-state index is 12.9. The Morgan fingerprint density at radius 3 is 2.78 bits per heavy atom. The minimum absolute atomic E-state index is 0.222. The highest BCUT2D eigenvalue weighted by molar-refractivity contribution is 9.11. The number of nitrogens with zero attached hydrogens (tertiary/aromatic N) is 2. The highest BCUT2D eigenvalue weighted by atomic mass is 79.9. The quantitative estimate of drug-likeness (QED) is 0.353. The Hall–Kier alpha value is -1.89. The van der Waals surface area contributed by atoms with Gasteiger partial charge >= 0.3 is 0 Å². The van der Waals surface area contributed by atoms with Crippen LogP contribution in [0.1, 0.15) is 12.5 Å². The molecule has 1 aliphatic heterocycles. The molecule has 4 nitrogen and oxygen atoms in total. The van der Waals surface area contributed by atoms with E-state index in [4.69, 9.17) is 16.3 Å². The van der Waals surface area contributed by atoms with Crippen molar-refractivity contribution < 1.29 is 9.53 Å². The lowest BCUT2D eigenvalue weighted by molar-refractivity contribution is -0.114. The van der Waals surface area contributed by atoms with Crippen molar-refractivity contribution in [2.75, 3.05) is 11.6 Å². The van der Waals surface area contributed by atoms with E-state index in [1.165, 1.54) is 5.01 Å². The molecule has 0 aromatic heterocycles. The van der Waals surface area contributed by atoms with Crippen LogP contribution in [0.2, 0.25) is 5.02 Å². The van der Waals surface area contributed by atoms with Crippen LogP contribution in [0.15, 0.2) is 68.7 Å².